The molecular weight excluding hydrogens is 583 g/mol. The minimum absolute atomic E-state index is 0. The van der Waals surface area contributed by atoms with Crippen LogP contribution in [-0.4, -0.2) is 3.21 Å². The Morgan fingerprint density at radius 3 is 1.79 bits per heavy atom. The van der Waals surface area contributed by atoms with Gasteiger partial charge in [0.25, 0.3) is 0 Å². The summed E-state index contributed by atoms with van der Waals surface area (Å²) in [6.45, 7) is 8.47. The molecule has 0 N–H and O–H groups in total. The van der Waals surface area contributed by atoms with Crippen LogP contribution < -0.4 is 24.8 Å². The van der Waals surface area contributed by atoms with Gasteiger partial charge in [0.05, 0.1) is 0 Å². The van der Waals surface area contributed by atoms with Gasteiger partial charge >= 0.3 is 112 Å². The van der Waals surface area contributed by atoms with E-state index in [1.165, 1.54) is 77.5 Å². The van der Waals surface area contributed by atoms with Crippen molar-refractivity contribution in [2.24, 2.45) is 5.92 Å². The fraction of sp³-hybridized carbons (Fsp3) is 0.171. The Morgan fingerprint density at radius 1 is 0.737 bits per heavy atom. The first-order valence-corrected chi connectivity index (χ1v) is 13.7. The number of rotatable bonds is 2. The van der Waals surface area contributed by atoms with Crippen molar-refractivity contribution in [2.75, 3.05) is 0 Å². The summed E-state index contributed by atoms with van der Waals surface area (Å²) < 4.78 is 1.42. The Balaban J connectivity index is 0.000000208. The number of allylic oxidation sites excluding steroid dienone is 4. The van der Waals surface area contributed by atoms with Crippen molar-refractivity contribution in [3.8, 4) is 11.1 Å². The van der Waals surface area contributed by atoms with Crippen LogP contribution in [0.5, 0.6) is 0 Å². The van der Waals surface area contributed by atoms with Gasteiger partial charge in [-0.15, -0.1) is 12.5 Å². The van der Waals surface area contributed by atoms with Gasteiger partial charge in [-0.25, -0.2) is 11.6 Å². The molecule has 0 bridgehead atoms. The zero-order valence-corrected chi connectivity index (χ0v) is 26.3. The quantitative estimate of drug-likeness (QED) is 0.268. The van der Waals surface area contributed by atoms with Crippen molar-refractivity contribution in [3.05, 3.63) is 154 Å². The van der Waals surface area contributed by atoms with Crippen LogP contribution in [0.1, 0.15) is 47.2 Å². The molecule has 4 aromatic carbocycles. The second-order valence-corrected chi connectivity index (χ2v) is 10.7. The summed E-state index contributed by atoms with van der Waals surface area (Å²) in [4.78, 5) is 0. The Labute approximate surface area is 256 Å². The molecule has 2 aliphatic carbocycles. The van der Waals surface area contributed by atoms with E-state index in [0.717, 1.165) is 6.42 Å². The molecule has 2 aliphatic rings. The van der Waals surface area contributed by atoms with Crippen molar-refractivity contribution in [1.82, 2.24) is 0 Å². The second kappa shape index (κ2) is 15.3. The van der Waals surface area contributed by atoms with E-state index >= 15 is 0 Å². The molecular formula is C35H32Cl2Zr-2. The first-order chi connectivity index (χ1) is 17.4. The van der Waals surface area contributed by atoms with Gasteiger partial charge in [-0.05, 0) is 6.42 Å². The van der Waals surface area contributed by atoms with Gasteiger partial charge in [0.1, 0.15) is 0 Å². The second-order valence-electron chi connectivity index (χ2n) is 9.51. The van der Waals surface area contributed by atoms with Gasteiger partial charge in [-0.1, -0.05) is 48.2 Å². The van der Waals surface area contributed by atoms with E-state index in [1.54, 1.807) is 0 Å². The van der Waals surface area contributed by atoms with Gasteiger partial charge in [0, 0.05) is 0 Å². The number of hydrogen-bond donors (Lipinski definition) is 0. The largest absolute Gasteiger partial charge is 1.00 e. The zero-order valence-electron chi connectivity index (χ0n) is 22.4. The number of hydrogen-bond acceptors (Lipinski definition) is 0. The molecule has 3 heteroatoms. The fourth-order valence-electron chi connectivity index (χ4n) is 4.36. The van der Waals surface area contributed by atoms with Gasteiger partial charge in [-0.2, -0.15) is 35.9 Å². The number of fused-ring (bicyclic) bond motifs is 3. The molecule has 0 radical (unpaired) electrons. The summed E-state index contributed by atoms with van der Waals surface area (Å²) >= 11 is 1.46. The zero-order chi connectivity index (χ0) is 25.5. The maximum absolute atomic E-state index is 3.30. The molecule has 0 fully saturated rings. The Bertz CT molecular complexity index is 1310. The van der Waals surface area contributed by atoms with Crippen LogP contribution in [0.3, 0.4) is 0 Å². The van der Waals surface area contributed by atoms with E-state index < -0.39 is 0 Å². The topological polar surface area (TPSA) is 0 Å². The van der Waals surface area contributed by atoms with Crippen molar-refractivity contribution in [1.29, 1.82) is 0 Å². The SMILES string of the molecule is CC1=CC(C)[C-]=C1.Cc1ccc([C](=[Zr+2])c2ccc(C)cc2)cc1.[Cl-].[Cl-].[c-]1cccc2c1Cc1ccccc1-2. The average molecular weight is 615 g/mol. The standard InChI is InChI=1S/C15H14.C13H9.C7H9.2ClH.Zr/c1-12-3-7-14(8-4-12)11-15-9-5-13(2)6-10-15;1-3-7-12-10(5-1)9-11-6-2-4-8-13(11)12;1-6-3-4-7(2)5-6;;;/h3-10H,1-2H3;1-5,7-8H,9H2;3,5,7H,1-2H3;2*1H;/q;2*-1;;;+2/p-2. The van der Waals surface area contributed by atoms with E-state index in [4.69, 9.17) is 0 Å². The molecule has 38 heavy (non-hydrogen) atoms. The van der Waals surface area contributed by atoms with Gasteiger partial charge in [-0.3, -0.25) is 6.08 Å². The van der Waals surface area contributed by atoms with Crippen LogP contribution in [0.2, 0.25) is 0 Å². The number of aryl methyl sites for hydroxylation is 2. The van der Waals surface area contributed by atoms with Crippen molar-refractivity contribution < 1.29 is 49.0 Å². The molecule has 0 saturated carbocycles. The summed E-state index contributed by atoms with van der Waals surface area (Å²) in [5.41, 5.74) is 12.2. The molecule has 0 heterocycles. The third-order valence-corrected chi connectivity index (χ3v) is 7.80. The van der Waals surface area contributed by atoms with Crippen molar-refractivity contribution in [2.45, 2.75) is 34.1 Å². The Kier molecular flexibility index (Phi) is 12.9. The molecule has 0 aromatic heterocycles. The molecule has 192 valence electrons. The van der Waals surface area contributed by atoms with E-state index in [9.17, 15) is 0 Å². The third-order valence-electron chi connectivity index (χ3n) is 6.38. The molecule has 0 spiro atoms. The van der Waals surface area contributed by atoms with Crippen LogP contribution in [0.25, 0.3) is 11.1 Å². The summed E-state index contributed by atoms with van der Waals surface area (Å²) in [6, 6.07) is 35.6. The molecule has 1 unspecified atom stereocenters. The number of benzene rings is 4. The molecule has 1 atom stereocenters. The molecule has 4 aromatic rings. The van der Waals surface area contributed by atoms with E-state index in [-0.39, 0.29) is 24.8 Å². The van der Waals surface area contributed by atoms with Crippen molar-refractivity contribution >= 4 is 3.21 Å². The number of halogens is 2. The van der Waals surface area contributed by atoms with E-state index in [0.29, 0.717) is 5.92 Å². The van der Waals surface area contributed by atoms with Crippen LogP contribution in [-0.2, 0) is 30.7 Å². The molecule has 0 saturated heterocycles. The molecule has 0 nitrogen and oxygen atoms in total. The van der Waals surface area contributed by atoms with Crippen LogP contribution in [0.4, 0.5) is 0 Å². The molecule has 0 amide bonds. The summed E-state index contributed by atoms with van der Waals surface area (Å²) in [6.07, 6.45) is 8.43. The smallest absolute Gasteiger partial charge is 0.0253 e. The third kappa shape index (κ3) is 8.60. The Hall–Kier alpha value is -2.31. The minimum Gasteiger partial charge on any atom is -1.00 e. The van der Waals surface area contributed by atoms with Crippen LogP contribution >= 0.6 is 0 Å². The maximum atomic E-state index is 3.30. The predicted molar refractivity (Wildman–Crippen MR) is 150 cm³/mol. The maximum Gasteiger partial charge on any atom is -0.0253 e. The normalized spacial score (nSPS) is 13.7. The first kappa shape index (κ1) is 31.9. The minimum atomic E-state index is 0. The fourth-order valence-corrected chi connectivity index (χ4v) is 5.18. The van der Waals surface area contributed by atoms with Gasteiger partial charge in [0.2, 0.25) is 0 Å². The van der Waals surface area contributed by atoms with Gasteiger partial charge < -0.3 is 24.8 Å². The predicted octanol–water partition coefficient (Wildman–Crippen LogP) is 2.43. The summed E-state index contributed by atoms with van der Waals surface area (Å²) in [5, 5.41) is 0. The first-order valence-electron chi connectivity index (χ1n) is 12.5. The summed E-state index contributed by atoms with van der Waals surface area (Å²) in [7, 11) is 0. The van der Waals surface area contributed by atoms with E-state index in [2.05, 4.69) is 131 Å². The summed E-state index contributed by atoms with van der Waals surface area (Å²) in [5.74, 6) is 0.556. The van der Waals surface area contributed by atoms with Crippen LogP contribution in [0, 0.1) is 31.9 Å². The monoisotopic (exact) mass is 612 g/mol. The van der Waals surface area contributed by atoms with Crippen LogP contribution in [0.15, 0.2) is 109 Å². The average Bonchev–Trinajstić information content (AvgIpc) is 3.47. The van der Waals surface area contributed by atoms with E-state index in [1.807, 2.05) is 12.1 Å². The van der Waals surface area contributed by atoms with Gasteiger partial charge in [0.15, 0.2) is 0 Å². The van der Waals surface area contributed by atoms with Crippen molar-refractivity contribution in [3.63, 3.8) is 0 Å². The molecule has 6 rings (SSSR count). The molecule has 0 aliphatic heterocycles. The Morgan fingerprint density at radius 2 is 1.29 bits per heavy atom.